The highest BCUT2D eigenvalue weighted by molar-refractivity contribution is 6.33. The van der Waals surface area contributed by atoms with Crippen molar-refractivity contribution in [1.29, 1.82) is 0 Å². The molecule has 1 amide bonds. The van der Waals surface area contributed by atoms with Crippen LogP contribution in [0.15, 0.2) is 93.8 Å². The van der Waals surface area contributed by atoms with Gasteiger partial charge in [0.2, 0.25) is 11.8 Å². The van der Waals surface area contributed by atoms with E-state index in [1.165, 1.54) is 11.6 Å². The lowest BCUT2D eigenvalue weighted by Gasteiger charge is -2.05. The quantitative estimate of drug-likeness (QED) is 0.248. The highest BCUT2D eigenvalue weighted by Crippen LogP contribution is 2.33. The zero-order valence-electron chi connectivity index (χ0n) is 19.3. The molecule has 3 aromatic carbocycles. The van der Waals surface area contributed by atoms with E-state index in [0.29, 0.717) is 39.4 Å². The van der Waals surface area contributed by atoms with Gasteiger partial charge in [-0.3, -0.25) is 4.79 Å². The van der Waals surface area contributed by atoms with Gasteiger partial charge in [0.25, 0.3) is 0 Å². The summed E-state index contributed by atoms with van der Waals surface area (Å²) in [5, 5.41) is 3.33. The number of rotatable bonds is 6. The summed E-state index contributed by atoms with van der Waals surface area (Å²) in [7, 11) is 0. The highest BCUT2D eigenvalue weighted by atomic mass is 35.5. The number of furan rings is 1. The first-order valence-electron chi connectivity index (χ1n) is 11.3. The summed E-state index contributed by atoms with van der Waals surface area (Å²) in [5.41, 5.74) is 4.80. The normalized spacial score (nSPS) is 11.5. The molecule has 0 radical (unpaired) electrons. The van der Waals surface area contributed by atoms with E-state index >= 15 is 0 Å². The Balaban J connectivity index is 1.32. The Kier molecular flexibility index (Phi) is 6.25. The van der Waals surface area contributed by atoms with E-state index in [-0.39, 0.29) is 5.91 Å². The first-order valence-corrected chi connectivity index (χ1v) is 11.7. The van der Waals surface area contributed by atoms with Crippen LogP contribution in [0.5, 0.6) is 0 Å². The molecule has 0 aliphatic carbocycles. The Labute approximate surface area is 208 Å². The summed E-state index contributed by atoms with van der Waals surface area (Å²) in [6, 6.07) is 24.7. The van der Waals surface area contributed by atoms with Crippen LogP contribution in [-0.2, 0) is 4.79 Å². The van der Waals surface area contributed by atoms with Crippen LogP contribution in [0.4, 0.5) is 5.69 Å². The number of carbonyl (C=O) groups excluding carboxylic acids is 1. The molecule has 2 heterocycles. The minimum Gasteiger partial charge on any atom is -0.457 e. The maximum absolute atomic E-state index is 12.5. The second-order valence-corrected chi connectivity index (χ2v) is 8.89. The van der Waals surface area contributed by atoms with Crippen LogP contribution < -0.4 is 5.32 Å². The van der Waals surface area contributed by atoms with E-state index in [4.69, 9.17) is 20.4 Å². The number of aromatic nitrogens is 1. The van der Waals surface area contributed by atoms with Crippen LogP contribution in [0.25, 0.3) is 40.0 Å². The molecule has 0 spiro atoms. The fourth-order valence-electron chi connectivity index (χ4n) is 3.73. The molecule has 0 bridgehead atoms. The van der Waals surface area contributed by atoms with Gasteiger partial charge in [-0.1, -0.05) is 61.8 Å². The summed E-state index contributed by atoms with van der Waals surface area (Å²) < 4.78 is 11.7. The number of amides is 1. The van der Waals surface area contributed by atoms with E-state index in [1.807, 2.05) is 60.7 Å². The topological polar surface area (TPSA) is 68.3 Å². The number of nitrogens with one attached hydrogen (secondary N) is 1. The lowest BCUT2D eigenvalue weighted by Crippen LogP contribution is -2.07. The van der Waals surface area contributed by atoms with Gasteiger partial charge in [0.15, 0.2) is 5.58 Å². The number of anilines is 1. The van der Waals surface area contributed by atoms with Gasteiger partial charge in [-0.05, 0) is 60.0 Å². The van der Waals surface area contributed by atoms with Gasteiger partial charge in [-0.25, -0.2) is 4.98 Å². The van der Waals surface area contributed by atoms with Gasteiger partial charge < -0.3 is 14.2 Å². The van der Waals surface area contributed by atoms with Crippen molar-refractivity contribution in [3.63, 3.8) is 0 Å². The molecule has 0 saturated heterocycles. The number of hydrogen-bond acceptors (Lipinski definition) is 4. The average Bonchev–Trinajstić information content (AvgIpc) is 3.51. The van der Waals surface area contributed by atoms with Crippen molar-refractivity contribution in [3.8, 4) is 22.8 Å². The number of fused-ring (bicyclic) bond motifs is 1. The van der Waals surface area contributed by atoms with Crippen molar-refractivity contribution in [3.05, 3.63) is 101 Å². The Morgan fingerprint density at radius 3 is 2.60 bits per heavy atom. The Morgan fingerprint density at radius 2 is 1.80 bits per heavy atom. The van der Waals surface area contributed by atoms with Crippen LogP contribution in [0.1, 0.15) is 31.1 Å². The van der Waals surface area contributed by atoms with Crippen molar-refractivity contribution < 1.29 is 13.6 Å². The fraction of sp³-hybridized carbons (Fsp3) is 0.103. The van der Waals surface area contributed by atoms with E-state index in [1.54, 1.807) is 24.3 Å². The van der Waals surface area contributed by atoms with Crippen molar-refractivity contribution >= 4 is 40.4 Å². The van der Waals surface area contributed by atoms with Crippen molar-refractivity contribution in [2.75, 3.05) is 5.32 Å². The first kappa shape index (κ1) is 22.7. The molecule has 6 heteroatoms. The maximum Gasteiger partial charge on any atom is 0.248 e. The SMILES string of the molecule is CC(C)c1ccc2oc(-c3cc(NC(=O)C=Cc4ccc(-c5ccccc5)o4)ccc3Cl)nc2c1. The second kappa shape index (κ2) is 9.65. The van der Waals surface area contributed by atoms with Crippen LogP contribution in [0.2, 0.25) is 5.02 Å². The first-order chi connectivity index (χ1) is 17.0. The Morgan fingerprint density at radius 1 is 0.971 bits per heavy atom. The third-order valence-corrected chi connectivity index (χ3v) is 5.96. The number of halogens is 1. The van der Waals surface area contributed by atoms with E-state index in [9.17, 15) is 4.79 Å². The fourth-order valence-corrected chi connectivity index (χ4v) is 3.93. The molecule has 0 aliphatic rings. The molecular formula is C29H23ClN2O3. The molecule has 0 atom stereocenters. The number of hydrogen-bond donors (Lipinski definition) is 1. The molecule has 0 saturated carbocycles. The van der Waals surface area contributed by atoms with E-state index in [2.05, 4.69) is 24.1 Å². The summed E-state index contributed by atoms with van der Waals surface area (Å²) in [5.74, 6) is 1.83. The summed E-state index contributed by atoms with van der Waals surface area (Å²) in [4.78, 5) is 17.1. The Bertz CT molecular complexity index is 1530. The molecule has 5 nitrogen and oxygen atoms in total. The average molecular weight is 483 g/mol. The molecule has 5 rings (SSSR count). The number of nitrogens with zero attached hydrogens (tertiary/aromatic N) is 1. The third kappa shape index (κ3) is 5.05. The van der Waals surface area contributed by atoms with Crippen LogP contribution in [0.3, 0.4) is 0 Å². The number of oxazole rings is 1. The monoisotopic (exact) mass is 482 g/mol. The van der Waals surface area contributed by atoms with Gasteiger partial charge in [0.05, 0.1) is 10.6 Å². The number of carbonyl (C=O) groups is 1. The smallest absolute Gasteiger partial charge is 0.248 e. The molecule has 1 N–H and O–H groups in total. The summed E-state index contributed by atoms with van der Waals surface area (Å²) >= 11 is 6.43. The molecule has 5 aromatic rings. The molecule has 0 aliphatic heterocycles. The lowest BCUT2D eigenvalue weighted by molar-refractivity contribution is -0.111. The van der Waals surface area contributed by atoms with Gasteiger partial charge >= 0.3 is 0 Å². The molecule has 174 valence electrons. The van der Waals surface area contributed by atoms with Crippen LogP contribution >= 0.6 is 11.6 Å². The van der Waals surface area contributed by atoms with Crippen molar-refractivity contribution in [2.24, 2.45) is 0 Å². The lowest BCUT2D eigenvalue weighted by atomic mass is 10.0. The minimum atomic E-state index is -0.296. The van der Waals surface area contributed by atoms with Gasteiger partial charge in [-0.15, -0.1) is 0 Å². The molecular weight excluding hydrogens is 460 g/mol. The Hall–Kier alpha value is -4.09. The van der Waals surface area contributed by atoms with Crippen LogP contribution in [0, 0.1) is 0 Å². The summed E-state index contributed by atoms with van der Waals surface area (Å²) in [6.07, 6.45) is 3.06. The predicted octanol–water partition coefficient (Wildman–Crippen LogP) is 8.18. The van der Waals surface area contributed by atoms with Crippen LogP contribution in [-0.4, -0.2) is 10.9 Å². The molecule has 2 aromatic heterocycles. The third-order valence-electron chi connectivity index (χ3n) is 5.63. The van der Waals surface area contributed by atoms with Gasteiger partial charge in [-0.2, -0.15) is 0 Å². The molecule has 35 heavy (non-hydrogen) atoms. The second-order valence-electron chi connectivity index (χ2n) is 8.49. The van der Waals surface area contributed by atoms with Crippen molar-refractivity contribution in [2.45, 2.75) is 19.8 Å². The highest BCUT2D eigenvalue weighted by Gasteiger charge is 2.14. The largest absolute Gasteiger partial charge is 0.457 e. The van der Waals surface area contributed by atoms with Gasteiger partial charge in [0, 0.05) is 17.3 Å². The minimum absolute atomic E-state index is 0.296. The zero-order chi connectivity index (χ0) is 24.4. The van der Waals surface area contributed by atoms with Gasteiger partial charge in [0.1, 0.15) is 17.0 Å². The maximum atomic E-state index is 12.5. The standard InChI is InChI=1S/C29H23ClN2O3/c1-18(2)20-8-13-27-25(16-20)32-29(35-27)23-17-21(9-12-24(23)30)31-28(33)15-11-22-10-14-26(34-22)19-6-4-3-5-7-19/h3-18H,1-2H3,(H,31,33). The van der Waals surface area contributed by atoms with Crippen molar-refractivity contribution in [1.82, 2.24) is 4.98 Å². The number of benzene rings is 3. The summed E-state index contributed by atoms with van der Waals surface area (Å²) in [6.45, 7) is 4.27. The molecule has 0 fully saturated rings. The van der Waals surface area contributed by atoms with E-state index in [0.717, 1.165) is 16.8 Å². The zero-order valence-corrected chi connectivity index (χ0v) is 20.0. The molecule has 0 unspecified atom stereocenters. The predicted molar refractivity (Wildman–Crippen MR) is 140 cm³/mol. The van der Waals surface area contributed by atoms with E-state index < -0.39 is 0 Å².